The third-order valence-corrected chi connectivity index (χ3v) is 10.5. The van der Waals surface area contributed by atoms with Gasteiger partial charge < -0.3 is 0 Å². The lowest BCUT2D eigenvalue weighted by Gasteiger charge is -2.26. The molecule has 0 spiro atoms. The summed E-state index contributed by atoms with van der Waals surface area (Å²) < 4.78 is 30.8. The van der Waals surface area contributed by atoms with Crippen molar-refractivity contribution in [2.75, 3.05) is 19.6 Å². The van der Waals surface area contributed by atoms with Crippen molar-refractivity contribution >= 4 is 50.3 Å². The molecule has 7 nitrogen and oxygen atoms in total. The molecule has 210 valence electrons. The van der Waals surface area contributed by atoms with Gasteiger partial charge in [0, 0.05) is 37.0 Å². The zero-order valence-electron chi connectivity index (χ0n) is 22.7. The van der Waals surface area contributed by atoms with Gasteiger partial charge in [-0.1, -0.05) is 86.9 Å². The molecule has 2 saturated heterocycles. The maximum Gasteiger partial charge on any atom is 0.266 e. The van der Waals surface area contributed by atoms with Crippen LogP contribution in [-0.4, -0.2) is 57.3 Å². The molecule has 2 fully saturated rings. The summed E-state index contributed by atoms with van der Waals surface area (Å²) >= 11 is 6.86. The average molecular weight is 595 g/mol. The van der Waals surface area contributed by atoms with Crippen molar-refractivity contribution in [3.8, 4) is 16.9 Å². The van der Waals surface area contributed by atoms with E-state index < -0.39 is 10.0 Å². The molecule has 1 amide bonds. The molecule has 3 heterocycles. The number of piperidine rings is 1. The van der Waals surface area contributed by atoms with Crippen LogP contribution < -0.4 is 0 Å². The molecule has 2 aromatic carbocycles. The van der Waals surface area contributed by atoms with E-state index in [-0.39, 0.29) is 10.8 Å². The normalized spacial score (nSPS) is 17.7. The fraction of sp³-hybridized carbons (Fsp3) is 0.367. The van der Waals surface area contributed by atoms with Crippen molar-refractivity contribution in [3.63, 3.8) is 0 Å². The van der Waals surface area contributed by atoms with Gasteiger partial charge in [-0.25, -0.2) is 13.1 Å². The molecular formula is C30H34N4O3S3. The zero-order chi connectivity index (χ0) is 28.1. The quantitative estimate of drug-likeness (QED) is 0.152. The number of thioether (sulfide) groups is 1. The second-order valence-electron chi connectivity index (χ2n) is 10.1. The highest BCUT2D eigenvalue weighted by molar-refractivity contribution is 8.26. The number of hydrogen-bond acceptors (Lipinski definition) is 6. The van der Waals surface area contributed by atoms with Crippen molar-refractivity contribution < 1.29 is 13.2 Å². The molecule has 0 bridgehead atoms. The van der Waals surface area contributed by atoms with E-state index in [0.29, 0.717) is 40.1 Å². The molecule has 0 unspecified atom stereocenters. The predicted molar refractivity (Wildman–Crippen MR) is 166 cm³/mol. The summed E-state index contributed by atoms with van der Waals surface area (Å²) in [5.74, 6) is -0.0914. The summed E-state index contributed by atoms with van der Waals surface area (Å²) in [7, 11) is -3.61. The molecule has 0 saturated carbocycles. The zero-order valence-corrected chi connectivity index (χ0v) is 25.1. The molecule has 2 aliphatic heterocycles. The van der Waals surface area contributed by atoms with Crippen molar-refractivity contribution in [3.05, 3.63) is 71.3 Å². The Morgan fingerprint density at radius 2 is 1.77 bits per heavy atom. The van der Waals surface area contributed by atoms with Gasteiger partial charge in [0.1, 0.15) is 10.0 Å². The molecule has 5 rings (SSSR count). The first kappa shape index (κ1) is 28.7. The smallest absolute Gasteiger partial charge is 0.266 e. The van der Waals surface area contributed by atoms with E-state index in [1.165, 1.54) is 11.8 Å². The lowest BCUT2D eigenvalue weighted by atomic mass is 10.1. The van der Waals surface area contributed by atoms with E-state index in [0.717, 1.165) is 56.2 Å². The van der Waals surface area contributed by atoms with E-state index in [2.05, 4.69) is 6.92 Å². The first-order valence-electron chi connectivity index (χ1n) is 13.9. The van der Waals surface area contributed by atoms with Gasteiger partial charge in [-0.2, -0.15) is 9.40 Å². The second-order valence-corrected chi connectivity index (χ2v) is 13.7. The van der Waals surface area contributed by atoms with Crippen LogP contribution in [0.5, 0.6) is 0 Å². The lowest BCUT2D eigenvalue weighted by Crippen LogP contribution is -2.35. The number of carbonyl (C=O) groups excluding carboxylic acids is 1. The summed E-state index contributed by atoms with van der Waals surface area (Å²) in [6.07, 6.45) is 10.8. The number of para-hydroxylation sites is 1. The van der Waals surface area contributed by atoms with Crippen LogP contribution in [0.1, 0.15) is 57.4 Å². The molecule has 0 N–H and O–H groups in total. The maximum atomic E-state index is 13.4. The van der Waals surface area contributed by atoms with E-state index in [1.807, 2.05) is 48.7 Å². The number of hydrogen-bond donors (Lipinski definition) is 0. The van der Waals surface area contributed by atoms with Crippen molar-refractivity contribution in [2.24, 2.45) is 0 Å². The molecule has 3 aromatic rings. The first-order chi connectivity index (χ1) is 19.4. The number of unbranched alkanes of at least 4 members (excludes halogenated alkanes) is 3. The molecule has 0 radical (unpaired) electrons. The Hall–Kier alpha value is -2.79. The molecule has 40 heavy (non-hydrogen) atoms. The highest BCUT2D eigenvalue weighted by Crippen LogP contribution is 2.35. The Kier molecular flexibility index (Phi) is 9.20. The van der Waals surface area contributed by atoms with Crippen molar-refractivity contribution in [2.45, 2.75) is 56.8 Å². The van der Waals surface area contributed by atoms with Gasteiger partial charge in [0.15, 0.2) is 0 Å². The predicted octanol–water partition coefficient (Wildman–Crippen LogP) is 6.50. The van der Waals surface area contributed by atoms with Gasteiger partial charge in [0.2, 0.25) is 10.0 Å². The van der Waals surface area contributed by atoms with Crippen LogP contribution in [0.3, 0.4) is 0 Å². The number of sulfonamides is 1. The minimum atomic E-state index is -3.61. The Morgan fingerprint density at radius 1 is 1.00 bits per heavy atom. The first-order valence-corrected chi connectivity index (χ1v) is 16.6. The number of aromatic nitrogens is 2. The largest absolute Gasteiger partial charge is 0.293 e. The van der Waals surface area contributed by atoms with Crippen LogP contribution in [0.25, 0.3) is 23.0 Å². The Balaban J connectivity index is 1.51. The van der Waals surface area contributed by atoms with E-state index in [4.69, 9.17) is 17.3 Å². The third-order valence-electron chi connectivity index (χ3n) is 7.22. The average Bonchev–Trinajstić information content (AvgIpc) is 3.52. The molecular weight excluding hydrogens is 561 g/mol. The van der Waals surface area contributed by atoms with Crippen molar-refractivity contribution in [1.29, 1.82) is 0 Å². The van der Waals surface area contributed by atoms with Gasteiger partial charge in [-0.15, -0.1) is 0 Å². The summed E-state index contributed by atoms with van der Waals surface area (Å²) in [4.78, 5) is 15.8. The third kappa shape index (κ3) is 6.25. The number of nitrogens with zero attached hydrogens (tertiary/aromatic N) is 4. The van der Waals surface area contributed by atoms with Gasteiger partial charge in [-0.3, -0.25) is 9.69 Å². The second kappa shape index (κ2) is 12.8. The number of rotatable bonds is 10. The Labute approximate surface area is 246 Å². The van der Waals surface area contributed by atoms with E-state index >= 15 is 0 Å². The molecule has 0 atom stereocenters. The summed E-state index contributed by atoms with van der Waals surface area (Å²) in [6, 6.07) is 16.7. The Bertz CT molecular complexity index is 1510. The topological polar surface area (TPSA) is 75.5 Å². The summed E-state index contributed by atoms with van der Waals surface area (Å²) in [5.41, 5.74) is 2.87. The van der Waals surface area contributed by atoms with E-state index in [9.17, 15) is 13.2 Å². The molecule has 10 heteroatoms. The van der Waals surface area contributed by atoms with Crippen LogP contribution in [0.15, 0.2) is 70.6 Å². The minimum Gasteiger partial charge on any atom is -0.293 e. The summed E-state index contributed by atoms with van der Waals surface area (Å²) in [6.45, 7) is 3.87. The summed E-state index contributed by atoms with van der Waals surface area (Å²) in [5, 5.41) is 4.86. The van der Waals surface area contributed by atoms with E-state index in [1.54, 1.807) is 32.1 Å². The molecule has 2 aliphatic rings. The lowest BCUT2D eigenvalue weighted by molar-refractivity contribution is -0.122. The maximum absolute atomic E-state index is 13.4. The fourth-order valence-corrected chi connectivity index (χ4v) is 7.88. The van der Waals surface area contributed by atoms with Crippen molar-refractivity contribution in [1.82, 2.24) is 19.0 Å². The highest BCUT2D eigenvalue weighted by atomic mass is 32.2. The number of amides is 1. The Morgan fingerprint density at radius 3 is 2.52 bits per heavy atom. The van der Waals surface area contributed by atoms with Crippen LogP contribution in [-0.2, 0) is 14.8 Å². The van der Waals surface area contributed by atoms with Gasteiger partial charge in [-0.05, 0) is 49.6 Å². The number of carbonyl (C=O) groups is 1. The van der Waals surface area contributed by atoms with Gasteiger partial charge in [0.05, 0.1) is 15.5 Å². The van der Waals surface area contributed by atoms with Crippen LogP contribution in [0.2, 0.25) is 0 Å². The van der Waals surface area contributed by atoms with Gasteiger partial charge in [0.25, 0.3) is 5.91 Å². The highest BCUT2D eigenvalue weighted by Gasteiger charge is 2.32. The minimum absolute atomic E-state index is 0.0914. The van der Waals surface area contributed by atoms with Crippen LogP contribution in [0, 0.1) is 0 Å². The SMILES string of the molecule is CCCCCCN1C(=O)/C(=C/c2cn(-c3ccccc3)nc2-c2cccc(S(=O)(=O)N3CCCCC3)c2)SC1=S. The number of thiocarbonyl (C=S) groups is 1. The van der Waals surface area contributed by atoms with Crippen LogP contribution >= 0.6 is 24.0 Å². The molecule has 1 aromatic heterocycles. The fourth-order valence-electron chi connectivity index (χ4n) is 5.02. The van der Waals surface area contributed by atoms with Crippen LogP contribution in [0.4, 0.5) is 0 Å². The standard InChI is InChI=1S/C30H34N4O3S3/c1-2-3-4-11-19-33-29(35)27(39-30(33)38)21-24-22-34(25-14-7-5-8-15-25)31-28(24)23-13-12-16-26(20-23)40(36,37)32-17-9-6-10-18-32/h5,7-8,12-16,20-22H,2-4,6,9-11,17-19H2,1H3/b27-21-. The van der Waals surface area contributed by atoms with Gasteiger partial charge >= 0.3 is 0 Å². The molecule has 0 aliphatic carbocycles. The monoisotopic (exact) mass is 594 g/mol. The number of benzene rings is 2.